The van der Waals surface area contributed by atoms with Crippen LogP contribution in [0.1, 0.15) is 25.8 Å². The molecule has 0 fully saturated rings. The number of carbonyl (C=O) groups is 2. The minimum absolute atomic E-state index is 0.0354. The molecule has 0 spiro atoms. The van der Waals surface area contributed by atoms with Crippen LogP contribution >= 0.6 is 0 Å². The van der Waals surface area contributed by atoms with Crippen molar-refractivity contribution in [2.45, 2.75) is 27.2 Å². The van der Waals surface area contributed by atoms with Crippen LogP contribution in [0.15, 0.2) is 18.2 Å². The predicted molar refractivity (Wildman–Crippen MR) is 78.7 cm³/mol. The molecule has 3 N–H and O–H groups in total. The number of amides is 2. The van der Waals surface area contributed by atoms with E-state index in [-0.39, 0.29) is 12.5 Å². The number of halogens is 1. The highest BCUT2D eigenvalue weighted by Gasteiger charge is 2.19. The zero-order chi connectivity index (χ0) is 16.0. The molecule has 1 aromatic rings. The van der Waals surface area contributed by atoms with Gasteiger partial charge in [-0.15, -0.1) is 0 Å². The summed E-state index contributed by atoms with van der Waals surface area (Å²) >= 11 is 0. The van der Waals surface area contributed by atoms with Gasteiger partial charge in [-0.05, 0) is 37.0 Å². The van der Waals surface area contributed by atoms with Gasteiger partial charge in [0.1, 0.15) is 5.82 Å². The van der Waals surface area contributed by atoms with Gasteiger partial charge in [-0.1, -0.05) is 19.9 Å². The fourth-order valence-corrected chi connectivity index (χ4v) is 1.90. The monoisotopic (exact) mass is 296 g/mol. The highest BCUT2D eigenvalue weighted by Crippen LogP contribution is 2.14. The highest BCUT2D eigenvalue weighted by atomic mass is 19.1. The number of aliphatic carboxylic acids is 1. The second-order valence-corrected chi connectivity index (χ2v) is 5.46. The summed E-state index contributed by atoms with van der Waals surface area (Å²) in [5.41, 5.74) is 0.815. The first-order valence-corrected chi connectivity index (χ1v) is 6.83. The number of rotatable bonds is 6. The molecule has 0 aliphatic carbocycles. The second-order valence-electron chi connectivity index (χ2n) is 5.46. The number of carboxylic acid groups (broad SMARTS) is 1. The average molecular weight is 296 g/mol. The molecule has 0 heterocycles. The van der Waals surface area contributed by atoms with Crippen LogP contribution in [-0.2, 0) is 4.79 Å². The molecule has 0 bridgehead atoms. The van der Waals surface area contributed by atoms with Crippen LogP contribution in [0.3, 0.4) is 0 Å². The Kier molecular flexibility index (Phi) is 6.14. The Morgan fingerprint density at radius 2 is 2.00 bits per heavy atom. The minimum atomic E-state index is -0.939. The maximum Gasteiger partial charge on any atom is 0.319 e. The van der Waals surface area contributed by atoms with Crippen LogP contribution in [0.5, 0.6) is 0 Å². The van der Waals surface area contributed by atoms with Gasteiger partial charge in [-0.25, -0.2) is 9.18 Å². The van der Waals surface area contributed by atoms with Crippen molar-refractivity contribution in [3.05, 3.63) is 29.6 Å². The van der Waals surface area contributed by atoms with E-state index in [0.29, 0.717) is 17.7 Å². The molecule has 21 heavy (non-hydrogen) atoms. The van der Waals surface area contributed by atoms with Crippen LogP contribution < -0.4 is 10.6 Å². The Labute approximate surface area is 123 Å². The zero-order valence-corrected chi connectivity index (χ0v) is 12.4. The zero-order valence-electron chi connectivity index (χ0n) is 12.4. The number of carbonyl (C=O) groups excluding carboxylic acids is 1. The lowest BCUT2D eigenvalue weighted by Gasteiger charge is -2.15. The average Bonchev–Trinajstić information content (AvgIpc) is 2.38. The Balaban J connectivity index is 2.52. The van der Waals surface area contributed by atoms with E-state index < -0.39 is 23.7 Å². The number of nitrogens with one attached hydrogen (secondary N) is 2. The molecule has 0 aliphatic heterocycles. The van der Waals surface area contributed by atoms with Crippen LogP contribution in [0.2, 0.25) is 0 Å². The number of benzene rings is 1. The summed E-state index contributed by atoms with van der Waals surface area (Å²) in [7, 11) is 0. The molecule has 0 saturated heterocycles. The number of anilines is 1. The van der Waals surface area contributed by atoms with Crippen molar-refractivity contribution < 1.29 is 19.1 Å². The van der Waals surface area contributed by atoms with Crippen LogP contribution in [0.4, 0.5) is 14.9 Å². The summed E-state index contributed by atoms with van der Waals surface area (Å²) in [5, 5.41) is 14.0. The summed E-state index contributed by atoms with van der Waals surface area (Å²) < 4.78 is 13.3. The summed E-state index contributed by atoms with van der Waals surface area (Å²) in [6.07, 6.45) is 0.481. The van der Waals surface area contributed by atoms with Gasteiger partial charge in [-0.3, -0.25) is 4.79 Å². The Hall–Kier alpha value is -2.11. The van der Waals surface area contributed by atoms with E-state index in [2.05, 4.69) is 10.6 Å². The number of aryl methyl sites for hydroxylation is 1. The number of hydrogen-bond donors (Lipinski definition) is 3. The Morgan fingerprint density at radius 3 is 2.52 bits per heavy atom. The van der Waals surface area contributed by atoms with Gasteiger partial charge in [0, 0.05) is 12.2 Å². The molecule has 6 heteroatoms. The van der Waals surface area contributed by atoms with Crippen molar-refractivity contribution in [1.82, 2.24) is 5.32 Å². The lowest BCUT2D eigenvalue weighted by atomic mass is 9.97. The van der Waals surface area contributed by atoms with Gasteiger partial charge in [0.15, 0.2) is 0 Å². The summed E-state index contributed by atoms with van der Waals surface area (Å²) in [5.74, 6) is -1.76. The van der Waals surface area contributed by atoms with E-state index in [0.717, 1.165) is 0 Å². The smallest absolute Gasteiger partial charge is 0.319 e. The Morgan fingerprint density at radius 1 is 1.33 bits per heavy atom. The fraction of sp³-hybridized carbons (Fsp3) is 0.467. The van der Waals surface area contributed by atoms with Gasteiger partial charge < -0.3 is 15.7 Å². The normalized spacial score (nSPS) is 12.0. The van der Waals surface area contributed by atoms with E-state index in [1.165, 1.54) is 6.07 Å². The largest absolute Gasteiger partial charge is 0.481 e. The maximum atomic E-state index is 13.3. The lowest BCUT2D eigenvalue weighted by molar-refractivity contribution is -0.142. The van der Waals surface area contributed by atoms with E-state index in [1.54, 1.807) is 19.1 Å². The summed E-state index contributed by atoms with van der Waals surface area (Å²) in [6.45, 7) is 5.51. The van der Waals surface area contributed by atoms with E-state index in [9.17, 15) is 14.0 Å². The van der Waals surface area contributed by atoms with Crippen LogP contribution in [0.25, 0.3) is 0 Å². The summed E-state index contributed by atoms with van der Waals surface area (Å²) in [4.78, 5) is 22.8. The molecule has 1 aromatic carbocycles. The quantitative estimate of drug-likeness (QED) is 0.755. The molecule has 0 aromatic heterocycles. The fourth-order valence-electron chi connectivity index (χ4n) is 1.90. The molecule has 1 unspecified atom stereocenters. The van der Waals surface area contributed by atoms with E-state index in [1.807, 2.05) is 13.8 Å². The third-order valence-electron chi connectivity index (χ3n) is 3.04. The van der Waals surface area contributed by atoms with Gasteiger partial charge in [0.2, 0.25) is 0 Å². The number of urea groups is 1. The van der Waals surface area contributed by atoms with Crippen LogP contribution in [-0.4, -0.2) is 23.7 Å². The first kappa shape index (κ1) is 16.9. The third kappa shape index (κ3) is 5.81. The van der Waals surface area contributed by atoms with Gasteiger partial charge in [-0.2, -0.15) is 0 Å². The number of carboxylic acids is 1. The lowest BCUT2D eigenvalue weighted by Crippen LogP contribution is -2.36. The molecule has 116 valence electrons. The van der Waals surface area contributed by atoms with Crippen LogP contribution in [0, 0.1) is 24.6 Å². The molecule has 5 nitrogen and oxygen atoms in total. The van der Waals surface area contributed by atoms with Crippen molar-refractivity contribution in [2.75, 3.05) is 11.9 Å². The molecule has 0 saturated carbocycles. The summed E-state index contributed by atoms with van der Waals surface area (Å²) in [6, 6.07) is 3.82. The molecule has 0 aliphatic rings. The second kappa shape index (κ2) is 7.61. The van der Waals surface area contributed by atoms with Gasteiger partial charge in [0.25, 0.3) is 0 Å². The highest BCUT2D eigenvalue weighted by molar-refractivity contribution is 5.89. The predicted octanol–water partition coefficient (Wildman–Crippen LogP) is 3.00. The first-order valence-electron chi connectivity index (χ1n) is 6.83. The molecule has 0 radical (unpaired) electrons. The van der Waals surface area contributed by atoms with Gasteiger partial charge in [0.05, 0.1) is 5.92 Å². The molecular formula is C15H21FN2O3. The topological polar surface area (TPSA) is 78.4 Å². The third-order valence-corrected chi connectivity index (χ3v) is 3.04. The van der Waals surface area contributed by atoms with Crippen molar-refractivity contribution >= 4 is 17.7 Å². The standard InChI is InChI=1S/C15H21FN2O3/c1-9(2)6-11(14(19)20)8-17-15(21)18-12-5-4-10(3)13(16)7-12/h4-5,7,9,11H,6,8H2,1-3H3,(H,19,20)(H2,17,18,21). The molecular weight excluding hydrogens is 275 g/mol. The van der Waals surface area contributed by atoms with E-state index in [4.69, 9.17) is 5.11 Å². The first-order chi connectivity index (χ1) is 9.79. The minimum Gasteiger partial charge on any atom is -0.481 e. The van der Waals surface area contributed by atoms with Crippen molar-refractivity contribution in [3.63, 3.8) is 0 Å². The Bertz CT molecular complexity index is 518. The number of hydrogen-bond acceptors (Lipinski definition) is 2. The molecule has 2 amide bonds. The SMILES string of the molecule is Cc1ccc(NC(=O)NCC(CC(C)C)C(=O)O)cc1F. The molecule has 1 atom stereocenters. The van der Waals surface area contributed by atoms with Crippen molar-refractivity contribution in [1.29, 1.82) is 0 Å². The van der Waals surface area contributed by atoms with Gasteiger partial charge >= 0.3 is 12.0 Å². The molecule has 1 rings (SSSR count). The van der Waals surface area contributed by atoms with E-state index >= 15 is 0 Å². The van der Waals surface area contributed by atoms with Crippen molar-refractivity contribution in [3.8, 4) is 0 Å². The maximum absolute atomic E-state index is 13.3. The van der Waals surface area contributed by atoms with Crippen molar-refractivity contribution in [2.24, 2.45) is 11.8 Å².